The van der Waals surface area contributed by atoms with Gasteiger partial charge >= 0.3 is 0 Å². The second-order valence-corrected chi connectivity index (χ2v) is 6.06. The minimum Gasteiger partial charge on any atom is -0.344 e. The van der Waals surface area contributed by atoms with Gasteiger partial charge in [-0.2, -0.15) is 5.10 Å². The number of nitrogens with zero attached hydrogens (tertiary/aromatic N) is 2. The van der Waals surface area contributed by atoms with Crippen LogP contribution in [0.15, 0.2) is 36.4 Å². The summed E-state index contributed by atoms with van der Waals surface area (Å²) in [5, 5.41) is 7.56. The molecule has 0 radical (unpaired) electrons. The minimum absolute atomic E-state index is 0.134. The molecule has 1 fully saturated rings. The highest BCUT2D eigenvalue weighted by Crippen LogP contribution is 2.29. The number of para-hydroxylation sites is 1. The van der Waals surface area contributed by atoms with Crippen molar-refractivity contribution in [1.82, 2.24) is 15.1 Å². The number of nitrogens with two attached hydrogens (primary N) is 1. The summed E-state index contributed by atoms with van der Waals surface area (Å²) in [6.45, 7) is 2.43. The van der Waals surface area contributed by atoms with Crippen LogP contribution < -0.4 is 11.1 Å². The number of carbonyl (C=O) groups excluding carboxylic acids is 1. The number of aryl methyl sites for hydroxylation is 1. The van der Waals surface area contributed by atoms with Crippen LogP contribution in [0, 0.1) is 6.92 Å². The van der Waals surface area contributed by atoms with Crippen LogP contribution in [0.2, 0.25) is 0 Å². The SMILES string of the molecule is Cc1cc(C(=O)NC2(CN)CCCC2)nn1-c1ccccc1. The topological polar surface area (TPSA) is 72.9 Å². The van der Waals surface area contributed by atoms with Crippen LogP contribution in [0.3, 0.4) is 0 Å². The van der Waals surface area contributed by atoms with Crippen LogP contribution in [0.5, 0.6) is 0 Å². The number of amides is 1. The first-order valence-corrected chi connectivity index (χ1v) is 7.78. The van der Waals surface area contributed by atoms with Crippen LogP contribution in [-0.2, 0) is 0 Å². The third-order valence-corrected chi connectivity index (χ3v) is 4.45. The van der Waals surface area contributed by atoms with E-state index in [9.17, 15) is 4.79 Å². The van der Waals surface area contributed by atoms with E-state index in [0.717, 1.165) is 37.1 Å². The quantitative estimate of drug-likeness (QED) is 0.908. The first-order chi connectivity index (χ1) is 10.6. The Morgan fingerprint density at radius 1 is 1.32 bits per heavy atom. The van der Waals surface area contributed by atoms with Crippen molar-refractivity contribution in [2.75, 3.05) is 6.54 Å². The molecule has 1 aromatic heterocycles. The molecule has 3 N–H and O–H groups in total. The average Bonchev–Trinajstić information content (AvgIpc) is 3.15. The van der Waals surface area contributed by atoms with E-state index in [1.54, 1.807) is 4.68 Å². The van der Waals surface area contributed by atoms with Gasteiger partial charge in [0.15, 0.2) is 5.69 Å². The Balaban J connectivity index is 1.82. The van der Waals surface area contributed by atoms with E-state index in [0.29, 0.717) is 12.2 Å². The number of benzene rings is 1. The lowest BCUT2D eigenvalue weighted by Crippen LogP contribution is -2.51. The molecule has 1 amide bonds. The molecule has 0 atom stereocenters. The van der Waals surface area contributed by atoms with E-state index in [1.807, 2.05) is 43.3 Å². The Morgan fingerprint density at radius 3 is 2.64 bits per heavy atom. The predicted octanol–water partition coefficient (Wildman–Crippen LogP) is 2.18. The van der Waals surface area contributed by atoms with Gasteiger partial charge in [0.05, 0.1) is 11.2 Å². The molecule has 116 valence electrons. The molecule has 22 heavy (non-hydrogen) atoms. The third-order valence-electron chi connectivity index (χ3n) is 4.45. The van der Waals surface area contributed by atoms with E-state index in [2.05, 4.69) is 10.4 Å². The summed E-state index contributed by atoms with van der Waals surface area (Å²) >= 11 is 0. The Hall–Kier alpha value is -2.14. The van der Waals surface area contributed by atoms with Gasteiger partial charge in [-0.1, -0.05) is 31.0 Å². The number of hydrogen-bond acceptors (Lipinski definition) is 3. The first kappa shape index (κ1) is 14.8. The smallest absolute Gasteiger partial charge is 0.272 e. The standard InChI is InChI=1S/C17H22N4O/c1-13-11-15(20-21(13)14-7-3-2-4-8-14)16(22)19-17(12-18)9-5-6-10-17/h2-4,7-8,11H,5-6,9-10,12,18H2,1H3,(H,19,22). The molecule has 0 spiro atoms. The average molecular weight is 298 g/mol. The molecular formula is C17H22N4O. The van der Waals surface area contributed by atoms with Crippen molar-refractivity contribution in [2.45, 2.75) is 38.1 Å². The maximum absolute atomic E-state index is 12.5. The fraction of sp³-hybridized carbons (Fsp3) is 0.412. The normalized spacial score (nSPS) is 16.6. The highest BCUT2D eigenvalue weighted by molar-refractivity contribution is 5.93. The van der Waals surface area contributed by atoms with Gasteiger partial charge in [-0.25, -0.2) is 4.68 Å². The third kappa shape index (κ3) is 2.76. The molecule has 1 heterocycles. The molecule has 0 aliphatic heterocycles. The molecule has 1 aliphatic carbocycles. The van der Waals surface area contributed by atoms with Gasteiger partial charge in [-0.15, -0.1) is 0 Å². The molecule has 0 bridgehead atoms. The van der Waals surface area contributed by atoms with Gasteiger partial charge in [0, 0.05) is 12.2 Å². The van der Waals surface area contributed by atoms with Crippen molar-refractivity contribution in [3.05, 3.63) is 47.8 Å². The molecule has 2 aromatic rings. The van der Waals surface area contributed by atoms with Crippen molar-refractivity contribution >= 4 is 5.91 Å². The number of rotatable bonds is 4. The highest BCUT2D eigenvalue weighted by Gasteiger charge is 2.34. The van der Waals surface area contributed by atoms with Crippen molar-refractivity contribution in [2.24, 2.45) is 5.73 Å². The molecule has 0 saturated heterocycles. The zero-order chi connectivity index (χ0) is 15.6. The van der Waals surface area contributed by atoms with E-state index in [1.165, 1.54) is 0 Å². The molecule has 3 rings (SSSR count). The van der Waals surface area contributed by atoms with E-state index in [4.69, 9.17) is 5.73 Å². The summed E-state index contributed by atoms with van der Waals surface area (Å²) in [5.41, 5.74) is 7.97. The van der Waals surface area contributed by atoms with Crippen LogP contribution in [0.4, 0.5) is 0 Å². The zero-order valence-corrected chi connectivity index (χ0v) is 12.9. The Morgan fingerprint density at radius 2 is 2.00 bits per heavy atom. The fourth-order valence-corrected chi connectivity index (χ4v) is 3.15. The Kier molecular flexibility index (Phi) is 3.98. The van der Waals surface area contributed by atoms with Crippen LogP contribution >= 0.6 is 0 Å². The number of carbonyl (C=O) groups is 1. The fourth-order valence-electron chi connectivity index (χ4n) is 3.15. The second kappa shape index (κ2) is 5.93. The summed E-state index contributed by atoms with van der Waals surface area (Å²) in [7, 11) is 0. The number of hydrogen-bond donors (Lipinski definition) is 2. The molecule has 1 aliphatic rings. The Labute approximate surface area is 130 Å². The van der Waals surface area contributed by atoms with Gasteiger partial charge < -0.3 is 11.1 Å². The number of nitrogens with one attached hydrogen (secondary N) is 1. The lowest BCUT2D eigenvalue weighted by Gasteiger charge is -2.28. The van der Waals surface area contributed by atoms with Crippen LogP contribution in [0.25, 0.3) is 5.69 Å². The molecule has 5 nitrogen and oxygen atoms in total. The van der Waals surface area contributed by atoms with Crippen LogP contribution in [-0.4, -0.2) is 27.8 Å². The maximum atomic E-state index is 12.5. The highest BCUT2D eigenvalue weighted by atomic mass is 16.2. The molecular weight excluding hydrogens is 276 g/mol. The van der Waals surface area contributed by atoms with Gasteiger partial charge in [0.2, 0.25) is 0 Å². The minimum atomic E-state index is -0.248. The van der Waals surface area contributed by atoms with E-state index in [-0.39, 0.29) is 11.4 Å². The van der Waals surface area contributed by atoms with Gasteiger partial charge in [0.1, 0.15) is 0 Å². The van der Waals surface area contributed by atoms with Gasteiger partial charge in [-0.05, 0) is 38.0 Å². The first-order valence-electron chi connectivity index (χ1n) is 7.78. The van der Waals surface area contributed by atoms with E-state index >= 15 is 0 Å². The molecule has 0 unspecified atom stereocenters. The summed E-state index contributed by atoms with van der Waals surface area (Å²) in [5.74, 6) is -0.134. The van der Waals surface area contributed by atoms with Crippen LogP contribution in [0.1, 0.15) is 41.9 Å². The monoisotopic (exact) mass is 298 g/mol. The maximum Gasteiger partial charge on any atom is 0.272 e. The van der Waals surface area contributed by atoms with E-state index < -0.39 is 0 Å². The van der Waals surface area contributed by atoms with Crippen molar-refractivity contribution < 1.29 is 4.79 Å². The lowest BCUT2D eigenvalue weighted by molar-refractivity contribution is 0.0897. The summed E-state index contributed by atoms with van der Waals surface area (Å²) < 4.78 is 1.79. The van der Waals surface area contributed by atoms with Crippen molar-refractivity contribution in [3.8, 4) is 5.69 Å². The summed E-state index contributed by atoms with van der Waals surface area (Å²) in [6.07, 6.45) is 4.14. The Bertz CT molecular complexity index is 657. The largest absolute Gasteiger partial charge is 0.344 e. The second-order valence-electron chi connectivity index (χ2n) is 6.06. The molecule has 1 aromatic carbocycles. The van der Waals surface area contributed by atoms with Crippen molar-refractivity contribution in [3.63, 3.8) is 0 Å². The predicted molar refractivity (Wildman–Crippen MR) is 86.0 cm³/mol. The lowest BCUT2D eigenvalue weighted by atomic mass is 9.97. The molecule has 5 heteroatoms. The van der Waals surface area contributed by atoms with Gasteiger partial charge in [-0.3, -0.25) is 4.79 Å². The zero-order valence-electron chi connectivity index (χ0n) is 12.9. The summed E-state index contributed by atoms with van der Waals surface area (Å²) in [4.78, 5) is 12.5. The number of aromatic nitrogens is 2. The van der Waals surface area contributed by atoms with Crippen molar-refractivity contribution in [1.29, 1.82) is 0 Å². The summed E-state index contributed by atoms with van der Waals surface area (Å²) in [6, 6.07) is 11.6. The van der Waals surface area contributed by atoms with Gasteiger partial charge in [0.25, 0.3) is 5.91 Å². The molecule has 1 saturated carbocycles.